The van der Waals surface area contributed by atoms with Crippen molar-refractivity contribution in [3.05, 3.63) is 51.0 Å². The Bertz CT molecular complexity index is 912. The predicted octanol–water partition coefficient (Wildman–Crippen LogP) is 5.01. The van der Waals surface area contributed by atoms with Crippen LogP contribution in [-0.2, 0) is 11.3 Å². The summed E-state index contributed by atoms with van der Waals surface area (Å²) in [5.74, 6) is 1.38. The normalized spacial score (nSPS) is 10.3. The van der Waals surface area contributed by atoms with E-state index in [1.54, 1.807) is 37.4 Å². The Balaban J connectivity index is 1.74. The van der Waals surface area contributed by atoms with Gasteiger partial charge in [-0.1, -0.05) is 34.8 Å². The van der Waals surface area contributed by atoms with E-state index in [-0.39, 0.29) is 17.4 Å². The van der Waals surface area contributed by atoms with Gasteiger partial charge in [-0.2, -0.15) is 0 Å². The molecule has 0 aliphatic carbocycles. The average Bonchev–Trinajstić information content (AvgIpc) is 2.71. The van der Waals surface area contributed by atoms with Crippen LogP contribution in [0.2, 0.25) is 15.1 Å². The van der Waals surface area contributed by atoms with Crippen molar-refractivity contribution in [2.45, 2.75) is 19.4 Å². The second-order valence-corrected chi connectivity index (χ2v) is 7.72. The predicted molar refractivity (Wildman–Crippen MR) is 123 cm³/mol. The highest BCUT2D eigenvalue weighted by atomic mass is 35.5. The highest BCUT2D eigenvalue weighted by Crippen LogP contribution is 2.33. The van der Waals surface area contributed by atoms with E-state index >= 15 is 0 Å². The Morgan fingerprint density at radius 3 is 2.37 bits per heavy atom. The second-order valence-electron chi connectivity index (χ2n) is 6.06. The van der Waals surface area contributed by atoms with Gasteiger partial charge in [0.2, 0.25) is 5.91 Å². The molecule has 10 heteroatoms. The number of carbonyl (C=O) groups is 1. The molecule has 0 aliphatic heterocycles. The number of methoxy groups -OCH3 is 2. The summed E-state index contributed by atoms with van der Waals surface area (Å²) in [6.07, 6.45) is 0.735. The molecule has 2 aromatic rings. The molecule has 0 atom stereocenters. The van der Waals surface area contributed by atoms with E-state index in [1.165, 1.54) is 7.11 Å². The van der Waals surface area contributed by atoms with Crippen molar-refractivity contribution in [2.75, 3.05) is 20.8 Å². The van der Waals surface area contributed by atoms with E-state index in [0.717, 1.165) is 5.56 Å². The summed E-state index contributed by atoms with van der Waals surface area (Å²) in [5.41, 5.74) is 0.749. The first kappa shape index (κ1) is 24.3. The molecule has 0 fully saturated rings. The molecule has 0 heterocycles. The van der Waals surface area contributed by atoms with Crippen molar-refractivity contribution in [2.24, 2.45) is 0 Å². The molecular formula is C20H21Cl3N2O4S. The van der Waals surface area contributed by atoms with Crippen molar-refractivity contribution in [1.29, 1.82) is 0 Å². The zero-order chi connectivity index (χ0) is 22.1. The molecule has 0 saturated heterocycles. The average molecular weight is 492 g/mol. The Kier molecular flexibility index (Phi) is 9.78. The summed E-state index contributed by atoms with van der Waals surface area (Å²) < 4.78 is 16.0. The highest BCUT2D eigenvalue weighted by Gasteiger charge is 2.11. The molecule has 0 radical (unpaired) electrons. The van der Waals surface area contributed by atoms with Crippen LogP contribution in [-0.4, -0.2) is 31.8 Å². The fraction of sp³-hybridized carbons (Fsp3) is 0.300. The van der Waals surface area contributed by atoms with Gasteiger partial charge in [-0.3, -0.25) is 4.79 Å². The lowest BCUT2D eigenvalue weighted by molar-refractivity contribution is -0.119. The van der Waals surface area contributed by atoms with Gasteiger partial charge >= 0.3 is 0 Å². The van der Waals surface area contributed by atoms with Crippen LogP contribution in [0.25, 0.3) is 0 Å². The van der Waals surface area contributed by atoms with Gasteiger partial charge < -0.3 is 24.8 Å². The van der Waals surface area contributed by atoms with Gasteiger partial charge in [-0.25, -0.2) is 0 Å². The molecule has 0 saturated carbocycles. The van der Waals surface area contributed by atoms with Crippen LogP contribution < -0.4 is 24.8 Å². The first-order chi connectivity index (χ1) is 14.3. The van der Waals surface area contributed by atoms with Crippen molar-refractivity contribution < 1.29 is 19.0 Å². The van der Waals surface area contributed by atoms with Crippen molar-refractivity contribution >= 4 is 58.0 Å². The monoisotopic (exact) mass is 490 g/mol. The lowest BCUT2D eigenvalue weighted by Gasteiger charge is -2.14. The van der Waals surface area contributed by atoms with Crippen LogP contribution in [0.5, 0.6) is 17.2 Å². The third kappa shape index (κ3) is 7.40. The largest absolute Gasteiger partial charge is 0.493 e. The maximum Gasteiger partial charge on any atom is 0.226 e. The van der Waals surface area contributed by atoms with E-state index in [1.807, 2.05) is 0 Å². The standard InChI is InChI=1S/C20H21Cl3N2O4S/c1-27-17-8-12(14(22)10-18(17)28-2)11-24-20(30)25-19(26)4-3-7-29-16-6-5-13(21)9-15(16)23/h5-6,8-10H,3-4,7,11H2,1-2H3,(H2,24,25,26,30). The maximum absolute atomic E-state index is 12.0. The Labute approximate surface area is 195 Å². The van der Waals surface area contributed by atoms with Crippen LogP contribution in [0.3, 0.4) is 0 Å². The summed E-state index contributed by atoms with van der Waals surface area (Å²) in [6.45, 7) is 0.646. The van der Waals surface area contributed by atoms with E-state index in [9.17, 15) is 4.79 Å². The molecule has 0 aliphatic rings. The summed E-state index contributed by atoms with van der Waals surface area (Å²) in [7, 11) is 3.07. The topological polar surface area (TPSA) is 68.8 Å². The number of benzene rings is 2. The van der Waals surface area contributed by atoms with Crippen LogP contribution in [0.4, 0.5) is 0 Å². The quantitative estimate of drug-likeness (QED) is 0.379. The number of thiocarbonyl (C=S) groups is 1. The molecular weight excluding hydrogens is 471 g/mol. The van der Waals surface area contributed by atoms with Gasteiger partial charge in [0.05, 0.1) is 25.8 Å². The molecule has 2 rings (SSSR count). The molecule has 0 spiro atoms. The summed E-state index contributed by atoms with van der Waals surface area (Å²) in [6, 6.07) is 8.37. The molecule has 1 amide bonds. The highest BCUT2D eigenvalue weighted by molar-refractivity contribution is 7.80. The molecule has 0 aromatic heterocycles. The minimum atomic E-state index is -0.225. The third-order valence-electron chi connectivity index (χ3n) is 3.94. The molecule has 6 nitrogen and oxygen atoms in total. The fourth-order valence-electron chi connectivity index (χ4n) is 2.45. The number of rotatable bonds is 9. The number of carbonyl (C=O) groups excluding carboxylic acids is 1. The smallest absolute Gasteiger partial charge is 0.226 e. The lowest BCUT2D eigenvalue weighted by atomic mass is 10.2. The zero-order valence-corrected chi connectivity index (χ0v) is 19.5. The van der Waals surface area contributed by atoms with E-state index < -0.39 is 0 Å². The fourth-order valence-corrected chi connectivity index (χ4v) is 3.32. The first-order valence-electron chi connectivity index (χ1n) is 8.90. The zero-order valence-electron chi connectivity index (χ0n) is 16.4. The Morgan fingerprint density at radius 1 is 1.00 bits per heavy atom. The van der Waals surface area contributed by atoms with Gasteiger partial charge in [-0.05, 0) is 48.5 Å². The lowest BCUT2D eigenvalue weighted by Crippen LogP contribution is -2.38. The first-order valence-corrected chi connectivity index (χ1v) is 10.4. The van der Waals surface area contributed by atoms with Crippen LogP contribution in [0, 0.1) is 0 Å². The molecule has 30 heavy (non-hydrogen) atoms. The molecule has 2 N–H and O–H groups in total. The van der Waals surface area contributed by atoms with E-state index in [0.29, 0.717) is 51.9 Å². The third-order valence-corrected chi connectivity index (χ3v) is 5.07. The van der Waals surface area contributed by atoms with Gasteiger partial charge in [-0.15, -0.1) is 0 Å². The van der Waals surface area contributed by atoms with Gasteiger partial charge in [0.25, 0.3) is 0 Å². The SMILES string of the molecule is COc1cc(Cl)c(CNC(=S)NC(=O)CCCOc2ccc(Cl)cc2Cl)cc1OC. The van der Waals surface area contributed by atoms with Crippen LogP contribution in [0.1, 0.15) is 18.4 Å². The van der Waals surface area contributed by atoms with Crippen molar-refractivity contribution in [3.8, 4) is 17.2 Å². The number of halogens is 3. The number of amides is 1. The Morgan fingerprint density at radius 2 is 1.70 bits per heavy atom. The van der Waals surface area contributed by atoms with Gasteiger partial charge in [0.15, 0.2) is 16.6 Å². The second kappa shape index (κ2) is 12.1. The maximum atomic E-state index is 12.0. The van der Waals surface area contributed by atoms with Gasteiger partial charge in [0, 0.05) is 29.1 Å². The number of ether oxygens (including phenoxy) is 3. The molecule has 162 valence electrons. The number of nitrogens with one attached hydrogen (secondary N) is 2. The van der Waals surface area contributed by atoms with Gasteiger partial charge in [0.1, 0.15) is 5.75 Å². The van der Waals surface area contributed by atoms with Crippen LogP contribution in [0.15, 0.2) is 30.3 Å². The summed E-state index contributed by atoms with van der Waals surface area (Å²) in [4.78, 5) is 12.0. The van der Waals surface area contributed by atoms with Crippen molar-refractivity contribution in [1.82, 2.24) is 10.6 Å². The summed E-state index contributed by atoms with van der Waals surface area (Å²) >= 11 is 23.3. The van der Waals surface area contributed by atoms with E-state index in [4.69, 9.17) is 61.2 Å². The van der Waals surface area contributed by atoms with Crippen molar-refractivity contribution in [3.63, 3.8) is 0 Å². The number of hydrogen-bond donors (Lipinski definition) is 2. The summed E-state index contributed by atoms with van der Waals surface area (Å²) in [5, 5.41) is 7.21. The Hall–Kier alpha value is -1.93. The number of hydrogen-bond acceptors (Lipinski definition) is 5. The molecule has 0 bridgehead atoms. The molecule has 0 unspecified atom stereocenters. The minimum Gasteiger partial charge on any atom is -0.493 e. The molecule has 2 aromatic carbocycles. The van der Waals surface area contributed by atoms with Crippen LogP contribution >= 0.6 is 47.0 Å². The minimum absolute atomic E-state index is 0.201. The van der Waals surface area contributed by atoms with E-state index in [2.05, 4.69) is 10.6 Å².